The zero-order valence-corrected chi connectivity index (χ0v) is 56.2. The van der Waals surface area contributed by atoms with Crippen LogP contribution in [0.5, 0.6) is 0 Å². The molecule has 12 aromatic carbocycles. The maximum atomic E-state index is 2.57. The van der Waals surface area contributed by atoms with E-state index in [9.17, 15) is 0 Å². The third-order valence-electron chi connectivity index (χ3n) is 15.8. The van der Waals surface area contributed by atoms with Crippen molar-refractivity contribution in [1.29, 1.82) is 0 Å². The van der Waals surface area contributed by atoms with Crippen LogP contribution < -0.4 is 82.3 Å². The van der Waals surface area contributed by atoms with Gasteiger partial charge in [0, 0.05) is 59.2 Å². The van der Waals surface area contributed by atoms with Gasteiger partial charge in [0.1, 0.15) is 95.3 Å². The summed E-state index contributed by atoms with van der Waals surface area (Å²) in [5.41, 5.74) is 5.40. The Bertz CT molecular complexity index is 3390. The number of hydrogen-bond donors (Lipinski definition) is 0. The van der Waals surface area contributed by atoms with Gasteiger partial charge in [0.2, 0.25) is 0 Å². The summed E-state index contributed by atoms with van der Waals surface area (Å²) in [5, 5.41) is 17.1. The summed E-state index contributed by atoms with van der Waals surface area (Å²) in [6, 6.07) is 125. The molecule has 0 spiro atoms. The average Bonchev–Trinajstić information content (AvgIpc) is 3.71. The second-order valence-corrected chi connectivity index (χ2v) is 33.2. The van der Waals surface area contributed by atoms with Crippen LogP contribution in [0.1, 0.15) is 0 Å². The number of para-hydroxylation sites is 4. The quantitative estimate of drug-likeness (QED) is 0.0706. The van der Waals surface area contributed by atoms with Gasteiger partial charge < -0.3 is 36.4 Å². The van der Waals surface area contributed by atoms with E-state index in [0.29, 0.717) is 0 Å². The van der Waals surface area contributed by atoms with Crippen LogP contribution >= 0.6 is 49.5 Å². The van der Waals surface area contributed by atoms with Crippen LogP contribution in [0.3, 0.4) is 0 Å². The topological polar surface area (TPSA) is 13.0 Å². The first-order chi connectivity index (χ1) is 42.7. The third kappa shape index (κ3) is 14.5. The second kappa shape index (κ2) is 31.2. The predicted molar refractivity (Wildman–Crippen MR) is 389 cm³/mol. The van der Waals surface area contributed by atoms with Crippen molar-refractivity contribution < 1.29 is 33.0 Å². The molecule has 2 fully saturated rings. The Hall–Kier alpha value is -6.59. The van der Waals surface area contributed by atoms with Crippen molar-refractivity contribution in [3.63, 3.8) is 0 Å². The fourth-order valence-electron chi connectivity index (χ4n) is 11.9. The van der Waals surface area contributed by atoms with Crippen molar-refractivity contribution in [3.8, 4) is 0 Å². The second-order valence-electron chi connectivity index (χ2n) is 21.2. The van der Waals surface area contributed by atoms with Gasteiger partial charge >= 0.3 is 0 Å². The summed E-state index contributed by atoms with van der Waals surface area (Å²) >= 11 is 0. The van der Waals surface area contributed by atoms with Gasteiger partial charge in [-0.25, -0.2) is 0 Å². The molecular weight excluding hydrogens is 1270 g/mol. The molecule has 14 rings (SSSR count). The minimum atomic E-state index is -1.18. The molecule has 2 saturated heterocycles. The smallest absolute Gasteiger partial charge is 0.123 e. The van der Waals surface area contributed by atoms with Gasteiger partial charge in [0.05, 0.1) is 22.7 Å². The van der Waals surface area contributed by atoms with Gasteiger partial charge in [-0.05, 0) is 146 Å². The van der Waals surface area contributed by atoms with E-state index in [1.807, 2.05) is 0 Å². The summed E-state index contributed by atoms with van der Waals surface area (Å²) in [6.07, 6.45) is 0. The standard InChI is InChI=1S/2C38H32N2P3.2Ni/c2*1-5-17-31(18-6-1)42(32-19-7-2-8-20-32)37-27-15-13-25-35(37)39-29-30-40(41-39)36-26-14-16-28-38(36)43(33-21-9-3-10-22-33)34-23-11-4-12-24-34;;/h2*1-28H,29-30H2;;/q2*-1;;/p+4. The molecule has 2 heterocycles. The molecule has 2 aliphatic heterocycles. The molecule has 0 aromatic heterocycles. The van der Waals surface area contributed by atoms with E-state index in [1.165, 1.54) is 104 Å². The molecule has 2 aliphatic rings. The molecule has 0 N–H and O–H groups in total. The molecule has 12 aromatic rings. The Morgan fingerprint density at radius 2 is 0.318 bits per heavy atom. The zero-order chi connectivity index (χ0) is 57.7. The van der Waals surface area contributed by atoms with Crippen LogP contribution in [-0.4, -0.2) is 26.2 Å². The molecule has 0 aliphatic carbocycles. The van der Waals surface area contributed by atoms with E-state index in [0.717, 1.165) is 26.2 Å². The summed E-state index contributed by atoms with van der Waals surface area (Å²) < 4.78 is 10.3. The van der Waals surface area contributed by atoms with Gasteiger partial charge in [-0.2, -0.15) is 0 Å². The minimum absolute atomic E-state index is 0. The van der Waals surface area contributed by atoms with Crippen LogP contribution in [0.2, 0.25) is 0 Å². The fourth-order valence-corrected chi connectivity index (χ4v) is 25.6. The van der Waals surface area contributed by atoms with Gasteiger partial charge in [0.25, 0.3) is 0 Å². The molecule has 0 atom stereocenters. The number of nitrogens with zero attached hydrogens (tertiary/aromatic N) is 4. The molecule has 0 radical (unpaired) electrons. The molecule has 4 nitrogen and oxygen atoms in total. The summed E-state index contributed by atoms with van der Waals surface area (Å²) in [7, 11) is -2.29. The van der Waals surface area contributed by atoms with Gasteiger partial charge in [-0.3, -0.25) is 0 Å². The number of rotatable bonds is 16. The van der Waals surface area contributed by atoms with Crippen LogP contribution in [0, 0.1) is 0 Å². The first kappa shape index (κ1) is 63.0. The first-order valence-corrected chi connectivity index (χ1v) is 37.2. The van der Waals surface area contributed by atoms with Gasteiger partial charge in [0.15, 0.2) is 0 Å². The molecular formula is C76H68N4Ni2P6+2. The maximum Gasteiger partial charge on any atom is 0.123 e. The monoisotopic (exact) mass is 1340 g/mol. The van der Waals surface area contributed by atoms with E-state index < -0.39 is 31.7 Å². The van der Waals surface area contributed by atoms with Crippen molar-refractivity contribution in [1.82, 2.24) is 0 Å². The van der Waals surface area contributed by atoms with Crippen LogP contribution in [0.25, 0.3) is 0 Å². The van der Waals surface area contributed by atoms with Crippen LogP contribution in [-0.2, 0) is 33.0 Å². The Morgan fingerprint density at radius 3 is 0.477 bits per heavy atom. The molecule has 88 heavy (non-hydrogen) atoms. The number of hydrogen-bond acceptors (Lipinski definition) is 4. The molecule has 0 bridgehead atoms. The molecule has 0 saturated carbocycles. The fraction of sp³-hybridized carbons (Fsp3) is 0.0526. The van der Waals surface area contributed by atoms with E-state index in [2.05, 4.69) is 358 Å². The Morgan fingerprint density at radius 1 is 0.182 bits per heavy atom. The molecule has 440 valence electrons. The molecule has 0 amide bonds. The molecule has 0 unspecified atom stereocenters. The predicted octanol–water partition coefficient (Wildman–Crippen LogP) is 13.5. The van der Waals surface area contributed by atoms with Crippen molar-refractivity contribution in [3.05, 3.63) is 340 Å². The van der Waals surface area contributed by atoms with E-state index in [-0.39, 0.29) is 33.0 Å². The number of anilines is 4. The normalized spacial score (nSPS) is 12.9. The summed E-state index contributed by atoms with van der Waals surface area (Å²) in [5.74, 6) is 0. The molecule has 12 heteroatoms. The van der Waals surface area contributed by atoms with Gasteiger partial charge in [-0.1, -0.05) is 194 Å². The van der Waals surface area contributed by atoms with Crippen LogP contribution in [0.4, 0.5) is 22.7 Å². The van der Waals surface area contributed by atoms with E-state index >= 15 is 0 Å². The van der Waals surface area contributed by atoms with Crippen molar-refractivity contribution in [2.24, 2.45) is 0 Å². The third-order valence-corrected chi connectivity index (χ3v) is 29.4. The Kier molecular flexibility index (Phi) is 22.4. The van der Waals surface area contributed by atoms with Crippen molar-refractivity contribution in [2.75, 3.05) is 44.9 Å². The SMILES string of the molecule is [Ni].[Ni].c1ccc([PH+](c2ccccc2)c2ccccc2N2CCN(c3ccccc3[PH+](c3ccccc3)c3ccccc3)[P-]2)cc1.c1ccc([PH+](c2ccccc2)c2ccccc2N2CCN(c3ccccc3[PH+](c3ccccc3)c3ccccc3)[P-]2)cc1. The Labute approximate surface area is 549 Å². The van der Waals surface area contributed by atoms with Gasteiger partial charge in [-0.15, -0.1) is 0 Å². The van der Waals surface area contributed by atoms with Crippen molar-refractivity contribution >= 4 is 136 Å². The first-order valence-electron chi connectivity index (χ1n) is 29.6. The summed E-state index contributed by atoms with van der Waals surface area (Å²) in [4.78, 5) is 0. The Balaban J connectivity index is 0.000000178. The zero-order valence-electron chi connectivity index (χ0n) is 48.5. The number of benzene rings is 12. The maximum absolute atomic E-state index is 2.57. The van der Waals surface area contributed by atoms with E-state index in [1.54, 1.807) is 0 Å². The van der Waals surface area contributed by atoms with Crippen molar-refractivity contribution in [2.45, 2.75) is 0 Å². The van der Waals surface area contributed by atoms with E-state index in [4.69, 9.17) is 0 Å². The summed E-state index contributed by atoms with van der Waals surface area (Å²) in [6.45, 7) is 3.96. The van der Waals surface area contributed by atoms with Crippen LogP contribution in [0.15, 0.2) is 340 Å². The largest absolute Gasteiger partial charge is 0.502 e. The average molecular weight is 1340 g/mol. The minimum Gasteiger partial charge on any atom is -0.502 e.